The van der Waals surface area contributed by atoms with E-state index in [2.05, 4.69) is 30.3 Å². The summed E-state index contributed by atoms with van der Waals surface area (Å²) < 4.78 is 0. The Bertz CT molecular complexity index is 300. The number of nitrogens with zero attached hydrogens (tertiary/aromatic N) is 1. The van der Waals surface area contributed by atoms with E-state index in [9.17, 15) is 0 Å². The minimum absolute atomic E-state index is 0.684. The lowest BCUT2D eigenvalue weighted by Crippen LogP contribution is -2.07. The third-order valence-corrected chi connectivity index (χ3v) is 4.06. The monoisotopic (exact) mass is 224 g/mol. The average molecular weight is 224 g/mol. The van der Waals surface area contributed by atoms with Crippen LogP contribution in [-0.4, -0.2) is 11.5 Å². The standard InChI is InChI=1S/C12H20N2S/c1-9(2)7-13-12-14-8-11(15-12)10-5-3-4-6-10/h8-10H,3-7H2,1-2H3,(H,13,14). The summed E-state index contributed by atoms with van der Waals surface area (Å²) in [5.74, 6) is 1.49. The van der Waals surface area contributed by atoms with Gasteiger partial charge in [-0.25, -0.2) is 4.98 Å². The molecule has 1 aromatic rings. The van der Waals surface area contributed by atoms with Gasteiger partial charge in [0.15, 0.2) is 5.13 Å². The molecule has 1 aromatic heterocycles. The van der Waals surface area contributed by atoms with Gasteiger partial charge in [-0.15, -0.1) is 11.3 Å². The summed E-state index contributed by atoms with van der Waals surface area (Å²) in [6, 6.07) is 0. The van der Waals surface area contributed by atoms with Gasteiger partial charge in [-0.2, -0.15) is 0 Å². The number of rotatable bonds is 4. The van der Waals surface area contributed by atoms with E-state index in [-0.39, 0.29) is 0 Å². The summed E-state index contributed by atoms with van der Waals surface area (Å²) in [5, 5.41) is 4.50. The molecule has 0 saturated heterocycles. The normalized spacial score (nSPS) is 17.5. The second-order valence-electron chi connectivity index (χ2n) is 4.82. The van der Waals surface area contributed by atoms with E-state index >= 15 is 0 Å². The van der Waals surface area contributed by atoms with Gasteiger partial charge < -0.3 is 5.32 Å². The van der Waals surface area contributed by atoms with Crippen molar-refractivity contribution in [2.75, 3.05) is 11.9 Å². The molecule has 0 bridgehead atoms. The second kappa shape index (κ2) is 4.97. The predicted octanol–water partition coefficient (Wildman–Crippen LogP) is 3.87. The topological polar surface area (TPSA) is 24.9 Å². The molecule has 1 aliphatic rings. The number of anilines is 1. The van der Waals surface area contributed by atoms with Crippen LogP contribution in [0.5, 0.6) is 0 Å². The molecule has 0 amide bonds. The molecule has 0 spiro atoms. The summed E-state index contributed by atoms with van der Waals surface area (Å²) in [6.45, 7) is 5.47. The van der Waals surface area contributed by atoms with Crippen molar-refractivity contribution in [2.24, 2.45) is 5.92 Å². The Labute approximate surface area is 96.1 Å². The van der Waals surface area contributed by atoms with Crippen LogP contribution in [0.15, 0.2) is 6.20 Å². The molecule has 0 aliphatic heterocycles. The van der Waals surface area contributed by atoms with Crippen molar-refractivity contribution in [3.8, 4) is 0 Å². The number of hydrogen-bond donors (Lipinski definition) is 1. The van der Waals surface area contributed by atoms with Crippen LogP contribution < -0.4 is 5.32 Å². The van der Waals surface area contributed by atoms with E-state index in [0.29, 0.717) is 5.92 Å². The van der Waals surface area contributed by atoms with Crippen molar-refractivity contribution >= 4 is 16.5 Å². The maximum Gasteiger partial charge on any atom is 0.182 e. The zero-order valence-corrected chi connectivity index (χ0v) is 10.4. The molecule has 1 fully saturated rings. The first-order valence-corrected chi connectivity index (χ1v) is 6.77. The number of thiazole rings is 1. The van der Waals surface area contributed by atoms with Crippen molar-refractivity contribution in [3.05, 3.63) is 11.1 Å². The van der Waals surface area contributed by atoms with Gasteiger partial charge in [-0.05, 0) is 24.7 Å². The molecular weight excluding hydrogens is 204 g/mol. The quantitative estimate of drug-likeness (QED) is 0.839. The molecule has 0 radical (unpaired) electrons. The zero-order valence-electron chi connectivity index (χ0n) is 9.62. The molecule has 2 rings (SSSR count). The minimum atomic E-state index is 0.684. The smallest absolute Gasteiger partial charge is 0.182 e. The molecule has 0 unspecified atom stereocenters. The first kappa shape index (κ1) is 10.9. The van der Waals surface area contributed by atoms with Gasteiger partial charge in [-0.3, -0.25) is 0 Å². The van der Waals surface area contributed by atoms with E-state index in [4.69, 9.17) is 0 Å². The molecule has 3 heteroatoms. The predicted molar refractivity (Wildman–Crippen MR) is 66.7 cm³/mol. The molecule has 1 N–H and O–H groups in total. The third-order valence-electron chi connectivity index (χ3n) is 2.94. The van der Waals surface area contributed by atoms with Crippen LogP contribution in [0.3, 0.4) is 0 Å². The van der Waals surface area contributed by atoms with Gasteiger partial charge >= 0.3 is 0 Å². The largest absolute Gasteiger partial charge is 0.361 e. The molecular formula is C12H20N2S. The SMILES string of the molecule is CC(C)CNc1ncc(C2CCCC2)s1. The van der Waals surface area contributed by atoms with Crippen LogP contribution in [0.1, 0.15) is 50.3 Å². The number of aromatic nitrogens is 1. The highest BCUT2D eigenvalue weighted by Crippen LogP contribution is 2.37. The Morgan fingerprint density at radius 2 is 2.20 bits per heavy atom. The Balaban J connectivity index is 1.91. The molecule has 15 heavy (non-hydrogen) atoms. The van der Waals surface area contributed by atoms with Gasteiger partial charge in [0.2, 0.25) is 0 Å². The van der Waals surface area contributed by atoms with Gasteiger partial charge in [0.05, 0.1) is 0 Å². The average Bonchev–Trinajstić information content (AvgIpc) is 2.85. The van der Waals surface area contributed by atoms with Crippen LogP contribution in [0.25, 0.3) is 0 Å². The van der Waals surface area contributed by atoms with Crippen LogP contribution in [0.2, 0.25) is 0 Å². The fraction of sp³-hybridized carbons (Fsp3) is 0.750. The number of hydrogen-bond acceptors (Lipinski definition) is 3. The maximum atomic E-state index is 4.44. The highest BCUT2D eigenvalue weighted by Gasteiger charge is 2.19. The lowest BCUT2D eigenvalue weighted by atomic mass is 10.1. The Kier molecular flexibility index (Phi) is 3.62. The van der Waals surface area contributed by atoms with Crippen LogP contribution >= 0.6 is 11.3 Å². The maximum absolute atomic E-state index is 4.44. The summed E-state index contributed by atoms with van der Waals surface area (Å²) in [6.07, 6.45) is 7.61. The fourth-order valence-corrected chi connectivity index (χ4v) is 3.05. The highest BCUT2D eigenvalue weighted by atomic mass is 32.1. The molecule has 1 aliphatic carbocycles. The Morgan fingerprint density at radius 3 is 2.87 bits per heavy atom. The van der Waals surface area contributed by atoms with Crippen LogP contribution in [0, 0.1) is 5.92 Å². The molecule has 0 atom stereocenters. The highest BCUT2D eigenvalue weighted by molar-refractivity contribution is 7.15. The van der Waals surface area contributed by atoms with Crippen molar-refractivity contribution in [2.45, 2.75) is 45.4 Å². The summed E-state index contributed by atoms with van der Waals surface area (Å²) in [7, 11) is 0. The van der Waals surface area contributed by atoms with Gasteiger partial charge in [-0.1, -0.05) is 26.7 Å². The van der Waals surface area contributed by atoms with Gasteiger partial charge in [0.25, 0.3) is 0 Å². The molecule has 84 valence electrons. The summed E-state index contributed by atoms with van der Waals surface area (Å²) in [5.41, 5.74) is 0. The summed E-state index contributed by atoms with van der Waals surface area (Å²) in [4.78, 5) is 5.93. The first-order valence-electron chi connectivity index (χ1n) is 5.95. The van der Waals surface area contributed by atoms with E-state index in [1.807, 2.05) is 11.3 Å². The van der Waals surface area contributed by atoms with Crippen molar-refractivity contribution in [1.82, 2.24) is 4.98 Å². The molecule has 2 nitrogen and oxygen atoms in total. The zero-order chi connectivity index (χ0) is 10.7. The first-order chi connectivity index (χ1) is 7.25. The number of nitrogens with one attached hydrogen (secondary N) is 1. The second-order valence-corrected chi connectivity index (χ2v) is 5.89. The van der Waals surface area contributed by atoms with E-state index in [1.165, 1.54) is 30.6 Å². The van der Waals surface area contributed by atoms with E-state index < -0.39 is 0 Å². The van der Waals surface area contributed by atoms with Crippen molar-refractivity contribution in [1.29, 1.82) is 0 Å². The molecule has 1 heterocycles. The Hall–Kier alpha value is -0.570. The summed E-state index contributed by atoms with van der Waals surface area (Å²) >= 11 is 1.85. The molecule has 1 saturated carbocycles. The van der Waals surface area contributed by atoms with E-state index in [0.717, 1.165) is 17.6 Å². The van der Waals surface area contributed by atoms with Gasteiger partial charge in [0, 0.05) is 17.6 Å². The lowest BCUT2D eigenvalue weighted by molar-refractivity contribution is 0.688. The fourth-order valence-electron chi connectivity index (χ4n) is 2.06. The van der Waals surface area contributed by atoms with E-state index in [1.54, 1.807) is 0 Å². The Morgan fingerprint density at radius 1 is 1.47 bits per heavy atom. The third kappa shape index (κ3) is 2.94. The van der Waals surface area contributed by atoms with Crippen LogP contribution in [0.4, 0.5) is 5.13 Å². The lowest BCUT2D eigenvalue weighted by Gasteiger charge is -2.05. The van der Waals surface area contributed by atoms with Crippen molar-refractivity contribution in [3.63, 3.8) is 0 Å². The van der Waals surface area contributed by atoms with Crippen molar-refractivity contribution < 1.29 is 0 Å². The molecule has 0 aromatic carbocycles. The van der Waals surface area contributed by atoms with Crippen LogP contribution in [-0.2, 0) is 0 Å². The minimum Gasteiger partial charge on any atom is -0.361 e. The van der Waals surface area contributed by atoms with Gasteiger partial charge in [0.1, 0.15) is 0 Å².